The molecule has 11 N–H and O–H groups in total. The normalized spacial score (nSPS) is 12.6. The first-order chi connectivity index (χ1) is 21.1. The number of aliphatic hydroxyl groups is 2. The standard InChI is InChI=1S/C10H14O3.C9H13NO6S.C9H13NO3.C2H6/c1-2-3-8(11)7-4-5-9(12)10(13)6-7;1-10-5-9(16-17(13,14)15)6-2-3-7(11)8(12)4-6;1-10-5-9(13)6-2-3-7(11)8(12)4-6;1-2/h4-6,8,11-13H,2-3H2,1H3;2-4,9-12H,5H2,1H3,(H,13,14,15);2-4,9-13H,5H2,1H3;1-2H3/t8-;;;/m1.../s1. The van der Waals surface area contributed by atoms with Crippen LogP contribution in [-0.4, -0.2) is 81.0 Å². The molecule has 0 bridgehead atoms. The van der Waals surface area contributed by atoms with Crippen LogP contribution in [-0.2, 0) is 14.6 Å². The van der Waals surface area contributed by atoms with E-state index in [9.17, 15) is 23.7 Å². The lowest BCUT2D eigenvalue weighted by Gasteiger charge is -2.15. The first-order valence-electron chi connectivity index (χ1n) is 14.0. The Hall–Kier alpha value is -3.83. The molecule has 15 heteroatoms. The summed E-state index contributed by atoms with van der Waals surface area (Å²) in [5.74, 6) is -1.47. The van der Waals surface area contributed by atoms with Gasteiger partial charge in [0.2, 0.25) is 0 Å². The Kier molecular flexibility index (Phi) is 19.2. The maximum atomic E-state index is 10.6. The van der Waals surface area contributed by atoms with Crippen LogP contribution in [0.3, 0.4) is 0 Å². The molecular weight excluding hydrogens is 612 g/mol. The summed E-state index contributed by atoms with van der Waals surface area (Å²) >= 11 is 0. The Morgan fingerprint density at radius 2 is 1.02 bits per heavy atom. The van der Waals surface area contributed by atoms with Crippen LogP contribution < -0.4 is 10.6 Å². The van der Waals surface area contributed by atoms with Crippen molar-refractivity contribution < 1.29 is 58.0 Å². The lowest BCUT2D eigenvalue weighted by molar-refractivity contribution is 0.166. The fraction of sp³-hybridized carbons (Fsp3) is 0.400. The molecule has 3 rings (SSSR count). The lowest BCUT2D eigenvalue weighted by Crippen LogP contribution is -2.22. The first kappa shape index (κ1) is 41.2. The van der Waals surface area contributed by atoms with E-state index in [2.05, 4.69) is 14.8 Å². The van der Waals surface area contributed by atoms with Gasteiger partial charge in [0.25, 0.3) is 0 Å². The van der Waals surface area contributed by atoms with E-state index in [1.807, 2.05) is 20.8 Å². The number of rotatable bonds is 11. The van der Waals surface area contributed by atoms with Crippen LogP contribution in [0, 0.1) is 0 Å². The highest BCUT2D eigenvalue weighted by molar-refractivity contribution is 7.80. The predicted octanol–water partition coefficient (Wildman–Crippen LogP) is 3.49. The van der Waals surface area contributed by atoms with Crippen LogP contribution in [0.25, 0.3) is 0 Å². The Balaban J connectivity index is 0.000000635. The molecule has 0 amide bonds. The summed E-state index contributed by atoms with van der Waals surface area (Å²) < 4.78 is 34.3. The third-order valence-electron chi connectivity index (χ3n) is 5.73. The van der Waals surface area contributed by atoms with Crippen LogP contribution in [0.4, 0.5) is 0 Å². The van der Waals surface area contributed by atoms with Crippen molar-refractivity contribution in [2.45, 2.75) is 51.9 Å². The minimum Gasteiger partial charge on any atom is -0.504 e. The van der Waals surface area contributed by atoms with E-state index >= 15 is 0 Å². The summed E-state index contributed by atoms with van der Waals surface area (Å²) in [5, 5.41) is 79.2. The number of phenols is 6. The van der Waals surface area contributed by atoms with Crippen molar-refractivity contribution in [1.29, 1.82) is 0 Å². The highest BCUT2D eigenvalue weighted by Crippen LogP contribution is 2.31. The third-order valence-corrected chi connectivity index (χ3v) is 6.20. The molecule has 3 aromatic carbocycles. The average Bonchev–Trinajstić information content (AvgIpc) is 2.98. The zero-order valence-electron chi connectivity index (χ0n) is 25.9. The van der Waals surface area contributed by atoms with Gasteiger partial charge in [0.05, 0.1) is 12.2 Å². The molecule has 14 nitrogen and oxygen atoms in total. The molecule has 2 unspecified atom stereocenters. The fourth-order valence-corrected chi connectivity index (χ4v) is 4.00. The van der Waals surface area contributed by atoms with Gasteiger partial charge in [-0.25, -0.2) is 4.18 Å². The van der Waals surface area contributed by atoms with E-state index in [1.54, 1.807) is 26.2 Å². The fourth-order valence-electron chi connectivity index (χ4n) is 3.53. The van der Waals surface area contributed by atoms with Crippen molar-refractivity contribution in [1.82, 2.24) is 10.6 Å². The van der Waals surface area contributed by atoms with Crippen molar-refractivity contribution in [2.75, 3.05) is 27.2 Å². The van der Waals surface area contributed by atoms with Crippen LogP contribution in [0.2, 0.25) is 0 Å². The lowest BCUT2D eigenvalue weighted by atomic mass is 10.0. The van der Waals surface area contributed by atoms with Crippen molar-refractivity contribution in [2.24, 2.45) is 0 Å². The van der Waals surface area contributed by atoms with E-state index in [0.717, 1.165) is 12.5 Å². The van der Waals surface area contributed by atoms with Crippen molar-refractivity contribution in [3.8, 4) is 34.5 Å². The van der Waals surface area contributed by atoms with Gasteiger partial charge in [0, 0.05) is 13.1 Å². The minimum absolute atomic E-state index is 0.101. The van der Waals surface area contributed by atoms with Gasteiger partial charge in [0.1, 0.15) is 6.10 Å². The van der Waals surface area contributed by atoms with E-state index in [0.29, 0.717) is 29.7 Å². The van der Waals surface area contributed by atoms with Gasteiger partial charge in [-0.05, 0) is 73.6 Å². The maximum absolute atomic E-state index is 10.6. The van der Waals surface area contributed by atoms with Gasteiger partial charge in [0.15, 0.2) is 34.5 Å². The third kappa shape index (κ3) is 15.6. The number of aliphatic hydroxyl groups excluding tert-OH is 2. The molecule has 0 aromatic heterocycles. The molecule has 0 fully saturated rings. The molecule has 0 saturated carbocycles. The highest BCUT2D eigenvalue weighted by atomic mass is 32.3. The van der Waals surface area contributed by atoms with E-state index < -0.39 is 34.5 Å². The van der Waals surface area contributed by atoms with Gasteiger partial charge < -0.3 is 51.5 Å². The second-order valence-corrected chi connectivity index (χ2v) is 10.2. The monoisotopic (exact) mass is 658 g/mol. The number of benzene rings is 3. The molecule has 0 aliphatic carbocycles. The second-order valence-electron chi connectivity index (χ2n) is 9.19. The van der Waals surface area contributed by atoms with E-state index in [4.69, 9.17) is 30.1 Å². The summed E-state index contributed by atoms with van der Waals surface area (Å²) in [6, 6.07) is 12.4. The van der Waals surface area contributed by atoms with Crippen LogP contribution in [0.15, 0.2) is 54.6 Å². The molecule has 0 aliphatic heterocycles. The quantitative estimate of drug-likeness (QED) is 0.104. The van der Waals surface area contributed by atoms with E-state index in [-0.39, 0.29) is 35.3 Å². The van der Waals surface area contributed by atoms with Crippen LogP contribution in [0.5, 0.6) is 34.5 Å². The smallest absolute Gasteiger partial charge is 0.397 e. The number of hydrogen-bond donors (Lipinski definition) is 11. The summed E-state index contributed by atoms with van der Waals surface area (Å²) in [6.07, 6.45) is -0.693. The summed E-state index contributed by atoms with van der Waals surface area (Å²) in [4.78, 5) is 0. The zero-order valence-corrected chi connectivity index (χ0v) is 26.7. The first-order valence-corrected chi connectivity index (χ1v) is 15.4. The molecule has 0 radical (unpaired) electrons. The van der Waals surface area contributed by atoms with Crippen molar-refractivity contribution in [3.63, 3.8) is 0 Å². The van der Waals surface area contributed by atoms with Crippen LogP contribution in [0.1, 0.15) is 68.6 Å². The average molecular weight is 659 g/mol. The second kappa shape index (κ2) is 21.0. The number of nitrogens with one attached hydrogen (secondary N) is 2. The highest BCUT2D eigenvalue weighted by Gasteiger charge is 2.19. The molecule has 0 spiro atoms. The van der Waals surface area contributed by atoms with Gasteiger partial charge in [-0.2, -0.15) is 8.42 Å². The topological polar surface area (TPSA) is 249 Å². The molecule has 45 heavy (non-hydrogen) atoms. The van der Waals surface area contributed by atoms with Crippen molar-refractivity contribution >= 4 is 10.4 Å². The predicted molar refractivity (Wildman–Crippen MR) is 169 cm³/mol. The Labute approximate surface area is 263 Å². The zero-order chi connectivity index (χ0) is 34.7. The molecular formula is C30H46N2O12S. The minimum atomic E-state index is -4.60. The Morgan fingerprint density at radius 3 is 1.38 bits per heavy atom. The van der Waals surface area contributed by atoms with Gasteiger partial charge in [-0.3, -0.25) is 4.55 Å². The SMILES string of the molecule is CC.CCC[C@@H](O)c1ccc(O)c(O)c1.CNCC(O)c1ccc(O)c(O)c1.CNCC(OS(=O)(=O)O)c1ccc(O)c(O)c1. The summed E-state index contributed by atoms with van der Waals surface area (Å²) in [7, 11) is -1.31. The summed E-state index contributed by atoms with van der Waals surface area (Å²) in [5.41, 5.74) is 1.51. The number of hydrogen-bond acceptors (Lipinski definition) is 13. The Bertz CT molecular complexity index is 1330. The number of likely N-dealkylation sites (N-methyl/N-ethyl adjacent to an activating group) is 2. The molecule has 0 aliphatic rings. The molecule has 0 heterocycles. The van der Waals surface area contributed by atoms with Gasteiger partial charge in [-0.1, -0.05) is 45.4 Å². The van der Waals surface area contributed by atoms with Gasteiger partial charge in [-0.15, -0.1) is 0 Å². The largest absolute Gasteiger partial charge is 0.504 e. The summed E-state index contributed by atoms with van der Waals surface area (Å²) in [6.45, 7) is 6.48. The molecule has 254 valence electrons. The van der Waals surface area contributed by atoms with Gasteiger partial charge >= 0.3 is 10.4 Å². The van der Waals surface area contributed by atoms with E-state index in [1.165, 1.54) is 36.4 Å². The molecule has 3 atom stereocenters. The Morgan fingerprint density at radius 1 is 0.644 bits per heavy atom. The van der Waals surface area contributed by atoms with Crippen molar-refractivity contribution in [3.05, 3.63) is 71.3 Å². The maximum Gasteiger partial charge on any atom is 0.397 e. The number of aromatic hydroxyl groups is 6. The van der Waals surface area contributed by atoms with Crippen LogP contribution >= 0.6 is 0 Å². The molecule has 3 aromatic rings. The number of phenolic OH excluding ortho intramolecular Hbond substituents is 6. The molecule has 0 saturated heterocycles.